The van der Waals surface area contributed by atoms with E-state index in [-0.39, 0.29) is 6.54 Å². The number of rotatable bonds is 5. The van der Waals surface area contributed by atoms with Gasteiger partial charge in [-0.15, -0.1) is 15.3 Å². The van der Waals surface area contributed by atoms with E-state index in [1.807, 2.05) is 16.8 Å². The van der Waals surface area contributed by atoms with Crippen LogP contribution in [0.1, 0.15) is 0 Å². The predicted octanol–water partition coefficient (Wildman–Crippen LogP) is 1.94. The Bertz CT molecular complexity index is 845. The third-order valence-corrected chi connectivity index (χ3v) is 3.64. The van der Waals surface area contributed by atoms with Crippen LogP contribution in [0.15, 0.2) is 29.0 Å². The van der Waals surface area contributed by atoms with Gasteiger partial charge >= 0.3 is 6.18 Å². The van der Waals surface area contributed by atoms with Crippen LogP contribution in [0.2, 0.25) is 0 Å². The lowest BCUT2D eigenvalue weighted by atomic mass is 10.3. The van der Waals surface area contributed by atoms with E-state index >= 15 is 0 Å². The van der Waals surface area contributed by atoms with Crippen LogP contribution in [0.25, 0.3) is 17.0 Å². The second kappa shape index (κ2) is 6.43. The lowest BCUT2D eigenvalue weighted by Crippen LogP contribution is -2.37. The molecule has 3 aromatic heterocycles. The van der Waals surface area contributed by atoms with Crippen LogP contribution in [0.5, 0.6) is 0 Å². The van der Waals surface area contributed by atoms with Gasteiger partial charge in [0, 0.05) is 10.9 Å². The Hall–Kier alpha value is -2.69. The van der Waals surface area contributed by atoms with Crippen molar-refractivity contribution in [1.82, 2.24) is 25.1 Å². The van der Waals surface area contributed by atoms with E-state index in [0.717, 1.165) is 5.56 Å². The molecule has 7 nitrogen and oxygen atoms in total. The van der Waals surface area contributed by atoms with Crippen molar-refractivity contribution in [3.8, 4) is 11.4 Å². The smallest absolute Gasteiger partial charge is 0.360 e. The molecule has 0 aromatic carbocycles. The molecular weight excluding hydrogens is 345 g/mol. The second-order valence-corrected chi connectivity index (χ2v) is 5.55. The average Bonchev–Trinajstić information content (AvgIpc) is 3.18. The zero-order valence-electron chi connectivity index (χ0n) is 12.0. The number of carbonyl (C=O) groups is 1. The molecule has 3 aromatic rings. The number of anilines is 1. The molecule has 0 radical (unpaired) electrons. The fraction of sp³-hybridized carbons (Fsp3) is 0.231. The number of nitrogens with zero attached hydrogens (tertiary/aromatic N) is 4. The third kappa shape index (κ3) is 3.79. The first-order valence-electron chi connectivity index (χ1n) is 6.75. The SMILES string of the molecule is O=C(CNc1ccc2nnc(-c3ccsc3)n2n1)NCC(F)(F)F. The third-order valence-electron chi connectivity index (χ3n) is 2.96. The van der Waals surface area contributed by atoms with Crippen molar-refractivity contribution in [1.29, 1.82) is 0 Å². The minimum atomic E-state index is -4.44. The summed E-state index contributed by atoms with van der Waals surface area (Å²) in [5, 5.41) is 20.5. The van der Waals surface area contributed by atoms with Gasteiger partial charge in [0.1, 0.15) is 12.4 Å². The first-order valence-corrected chi connectivity index (χ1v) is 7.69. The molecule has 0 fully saturated rings. The fourth-order valence-electron chi connectivity index (χ4n) is 1.89. The van der Waals surface area contributed by atoms with Gasteiger partial charge in [0.25, 0.3) is 0 Å². The van der Waals surface area contributed by atoms with Crippen LogP contribution in [0, 0.1) is 0 Å². The molecule has 2 N–H and O–H groups in total. The molecule has 11 heteroatoms. The number of aromatic nitrogens is 4. The maximum Gasteiger partial charge on any atom is 0.405 e. The summed E-state index contributed by atoms with van der Waals surface area (Å²) in [6.45, 7) is -1.70. The van der Waals surface area contributed by atoms with Gasteiger partial charge in [0.05, 0.1) is 6.54 Å². The number of thiophene rings is 1. The number of nitrogens with one attached hydrogen (secondary N) is 2. The maximum atomic E-state index is 12.0. The van der Waals surface area contributed by atoms with Crippen molar-refractivity contribution < 1.29 is 18.0 Å². The van der Waals surface area contributed by atoms with E-state index < -0.39 is 18.6 Å². The van der Waals surface area contributed by atoms with E-state index in [2.05, 4.69) is 20.6 Å². The Labute approximate surface area is 137 Å². The van der Waals surface area contributed by atoms with Gasteiger partial charge < -0.3 is 10.6 Å². The summed E-state index contributed by atoms with van der Waals surface area (Å²) in [4.78, 5) is 11.4. The van der Waals surface area contributed by atoms with E-state index in [4.69, 9.17) is 0 Å². The summed E-state index contributed by atoms with van der Waals surface area (Å²) in [6, 6.07) is 5.08. The molecule has 3 heterocycles. The van der Waals surface area contributed by atoms with Gasteiger partial charge in [-0.25, -0.2) is 0 Å². The molecule has 0 saturated heterocycles. The van der Waals surface area contributed by atoms with Gasteiger partial charge in [0.2, 0.25) is 5.91 Å². The molecule has 0 saturated carbocycles. The van der Waals surface area contributed by atoms with E-state index in [9.17, 15) is 18.0 Å². The summed E-state index contributed by atoms with van der Waals surface area (Å²) in [6.07, 6.45) is -4.44. The number of amides is 1. The first kappa shape index (κ1) is 16.2. The lowest BCUT2D eigenvalue weighted by Gasteiger charge is -2.09. The Morgan fingerprint density at radius 2 is 2.08 bits per heavy atom. The van der Waals surface area contributed by atoms with Crippen molar-refractivity contribution in [2.24, 2.45) is 0 Å². The van der Waals surface area contributed by atoms with Gasteiger partial charge in [0.15, 0.2) is 11.5 Å². The van der Waals surface area contributed by atoms with Gasteiger partial charge in [-0.05, 0) is 23.6 Å². The van der Waals surface area contributed by atoms with E-state index in [1.54, 1.807) is 17.4 Å². The van der Waals surface area contributed by atoms with Gasteiger partial charge in [-0.2, -0.15) is 29.0 Å². The van der Waals surface area contributed by atoms with Crippen molar-refractivity contribution in [2.75, 3.05) is 18.4 Å². The first-order chi connectivity index (χ1) is 11.4. The van der Waals surface area contributed by atoms with Crippen LogP contribution in [0.4, 0.5) is 19.0 Å². The van der Waals surface area contributed by atoms with Crippen LogP contribution in [-0.2, 0) is 4.79 Å². The minimum Gasteiger partial charge on any atom is -0.360 e. The highest BCUT2D eigenvalue weighted by atomic mass is 32.1. The Kier molecular flexibility index (Phi) is 4.34. The Morgan fingerprint density at radius 1 is 1.25 bits per heavy atom. The highest BCUT2D eigenvalue weighted by Crippen LogP contribution is 2.20. The molecule has 0 aliphatic heterocycles. The molecule has 0 aliphatic carbocycles. The number of halogens is 3. The summed E-state index contributed by atoms with van der Waals surface area (Å²) in [5.74, 6) is 0.0772. The van der Waals surface area contributed by atoms with Crippen LogP contribution in [0.3, 0.4) is 0 Å². The second-order valence-electron chi connectivity index (χ2n) is 4.77. The number of carbonyl (C=O) groups excluding carboxylic acids is 1. The standard InChI is InChI=1S/C13H11F3N6OS/c14-13(15,16)7-18-11(23)5-17-9-1-2-10-19-20-12(22(10)21-9)8-3-4-24-6-8/h1-4,6H,5,7H2,(H,17,21)(H,18,23). The number of fused-ring (bicyclic) bond motifs is 1. The molecule has 0 bridgehead atoms. The lowest BCUT2D eigenvalue weighted by molar-refractivity contribution is -0.137. The average molecular weight is 356 g/mol. The van der Waals surface area contributed by atoms with Crippen molar-refractivity contribution in [3.05, 3.63) is 29.0 Å². The molecule has 3 rings (SSSR count). The minimum absolute atomic E-state index is 0.320. The molecule has 0 atom stereocenters. The molecule has 0 spiro atoms. The maximum absolute atomic E-state index is 12.0. The summed E-state index contributed by atoms with van der Waals surface area (Å²) in [7, 11) is 0. The highest BCUT2D eigenvalue weighted by Gasteiger charge is 2.27. The summed E-state index contributed by atoms with van der Waals surface area (Å²) >= 11 is 1.50. The van der Waals surface area contributed by atoms with Gasteiger partial charge in [-0.3, -0.25) is 4.79 Å². The molecular formula is C13H11F3N6OS. The van der Waals surface area contributed by atoms with Crippen molar-refractivity contribution in [2.45, 2.75) is 6.18 Å². The van der Waals surface area contributed by atoms with Crippen molar-refractivity contribution >= 4 is 28.7 Å². The van der Waals surface area contributed by atoms with Gasteiger partial charge in [-0.1, -0.05) is 0 Å². The normalized spacial score (nSPS) is 11.6. The fourth-order valence-corrected chi connectivity index (χ4v) is 2.52. The highest BCUT2D eigenvalue weighted by molar-refractivity contribution is 7.08. The molecule has 0 aliphatic rings. The summed E-state index contributed by atoms with van der Waals surface area (Å²) in [5.41, 5.74) is 1.36. The number of alkyl halides is 3. The topological polar surface area (TPSA) is 84.2 Å². The largest absolute Gasteiger partial charge is 0.405 e. The number of hydrogen-bond acceptors (Lipinski definition) is 6. The Balaban J connectivity index is 1.70. The number of hydrogen-bond donors (Lipinski definition) is 2. The molecule has 24 heavy (non-hydrogen) atoms. The van der Waals surface area contributed by atoms with E-state index in [0.29, 0.717) is 17.3 Å². The zero-order valence-corrected chi connectivity index (χ0v) is 12.9. The van der Waals surface area contributed by atoms with Crippen LogP contribution < -0.4 is 10.6 Å². The molecule has 126 valence electrons. The van der Waals surface area contributed by atoms with E-state index in [1.165, 1.54) is 15.9 Å². The zero-order chi connectivity index (χ0) is 17.2. The quantitative estimate of drug-likeness (QED) is 0.730. The Morgan fingerprint density at radius 3 is 2.79 bits per heavy atom. The van der Waals surface area contributed by atoms with Crippen molar-refractivity contribution in [3.63, 3.8) is 0 Å². The summed E-state index contributed by atoms with van der Waals surface area (Å²) < 4.78 is 37.6. The monoisotopic (exact) mass is 356 g/mol. The predicted molar refractivity (Wildman–Crippen MR) is 81.6 cm³/mol. The molecule has 0 unspecified atom stereocenters. The van der Waals surface area contributed by atoms with Crippen LogP contribution in [-0.4, -0.2) is 45.0 Å². The van der Waals surface area contributed by atoms with Crippen LogP contribution >= 0.6 is 11.3 Å². The molecule has 1 amide bonds.